The Bertz CT molecular complexity index is 484. The lowest BCUT2D eigenvalue weighted by molar-refractivity contribution is -0.127. The lowest BCUT2D eigenvalue weighted by Crippen LogP contribution is -2.45. The predicted octanol–water partition coefficient (Wildman–Crippen LogP) is 2.43. The number of hydrogen-bond acceptors (Lipinski definition) is 3. The van der Waals surface area contributed by atoms with E-state index in [1.54, 1.807) is 30.3 Å². The number of amides is 1. The minimum absolute atomic E-state index is 0. The van der Waals surface area contributed by atoms with Crippen molar-refractivity contribution >= 4 is 47.2 Å². The molecule has 1 aliphatic heterocycles. The van der Waals surface area contributed by atoms with Crippen molar-refractivity contribution in [2.24, 2.45) is 4.99 Å². The van der Waals surface area contributed by atoms with Gasteiger partial charge in [0.15, 0.2) is 5.96 Å². The summed E-state index contributed by atoms with van der Waals surface area (Å²) in [5.41, 5.74) is 0. The number of nitrogens with zero attached hydrogens (tertiary/aromatic N) is 3. The lowest BCUT2D eigenvalue weighted by Gasteiger charge is -2.30. The first-order valence-electron chi connectivity index (χ1n) is 7.92. The maximum atomic E-state index is 11.8. The first-order chi connectivity index (χ1) is 10.7. The molecule has 1 amide bonds. The molecular formula is C16H27IN4OS. The van der Waals surface area contributed by atoms with Gasteiger partial charge >= 0.3 is 0 Å². The fourth-order valence-corrected chi connectivity index (χ4v) is 3.12. The van der Waals surface area contributed by atoms with Gasteiger partial charge < -0.3 is 15.1 Å². The number of rotatable bonds is 5. The van der Waals surface area contributed by atoms with Crippen LogP contribution in [0.25, 0.3) is 0 Å². The predicted molar refractivity (Wildman–Crippen MR) is 108 cm³/mol. The Balaban J connectivity index is 0.00000264. The zero-order chi connectivity index (χ0) is 15.8. The number of hydrogen-bond donors (Lipinski definition) is 1. The highest BCUT2D eigenvalue weighted by atomic mass is 127. The van der Waals surface area contributed by atoms with Crippen LogP contribution in [-0.2, 0) is 11.2 Å². The highest BCUT2D eigenvalue weighted by molar-refractivity contribution is 14.0. The third-order valence-electron chi connectivity index (χ3n) is 3.75. The minimum Gasteiger partial charge on any atom is -0.356 e. The van der Waals surface area contributed by atoms with Crippen molar-refractivity contribution in [3.8, 4) is 0 Å². The summed E-state index contributed by atoms with van der Waals surface area (Å²) < 4.78 is 0. The van der Waals surface area contributed by atoms with Crippen LogP contribution in [0.1, 0.15) is 24.1 Å². The van der Waals surface area contributed by atoms with Crippen molar-refractivity contribution in [2.75, 3.05) is 40.3 Å². The molecule has 1 N–H and O–H groups in total. The molecule has 0 aromatic carbocycles. The molecule has 0 aliphatic carbocycles. The van der Waals surface area contributed by atoms with E-state index in [9.17, 15) is 4.79 Å². The smallest absolute Gasteiger partial charge is 0.243 e. The van der Waals surface area contributed by atoms with Crippen molar-refractivity contribution < 1.29 is 4.79 Å². The summed E-state index contributed by atoms with van der Waals surface area (Å²) in [6, 6.07) is 4.23. The van der Waals surface area contributed by atoms with Crippen LogP contribution in [-0.4, -0.2) is 61.9 Å². The number of likely N-dealkylation sites (tertiary alicyclic amines) is 1. The highest BCUT2D eigenvalue weighted by Gasteiger charge is 2.15. The third-order valence-corrected chi connectivity index (χ3v) is 4.69. The van der Waals surface area contributed by atoms with E-state index in [0.29, 0.717) is 0 Å². The van der Waals surface area contributed by atoms with Crippen LogP contribution in [0.5, 0.6) is 0 Å². The fraction of sp³-hybridized carbons (Fsp3) is 0.625. The molecule has 0 spiro atoms. The summed E-state index contributed by atoms with van der Waals surface area (Å²) in [4.78, 5) is 21.5. The zero-order valence-electron chi connectivity index (χ0n) is 14.0. The van der Waals surface area contributed by atoms with Crippen molar-refractivity contribution in [1.29, 1.82) is 0 Å². The molecule has 0 radical (unpaired) electrons. The molecule has 0 bridgehead atoms. The minimum atomic E-state index is 0. The molecule has 1 fully saturated rings. The van der Waals surface area contributed by atoms with E-state index in [-0.39, 0.29) is 36.4 Å². The molecule has 1 saturated heterocycles. The fourth-order valence-electron chi connectivity index (χ4n) is 2.41. The van der Waals surface area contributed by atoms with E-state index in [2.05, 4.69) is 32.7 Å². The molecule has 5 nitrogen and oxygen atoms in total. The standard InChI is InChI=1S/C16H26N4OS.HI/c1-19(2)15(21)13-18-16(20-10-4-3-5-11-20)17-9-8-14-7-6-12-22-14;/h6-7,12H,3-5,8-11,13H2,1-2H3,(H,17,18);1H. The van der Waals surface area contributed by atoms with Gasteiger partial charge in [-0.3, -0.25) is 4.79 Å². The largest absolute Gasteiger partial charge is 0.356 e. The highest BCUT2D eigenvalue weighted by Crippen LogP contribution is 2.10. The molecule has 130 valence electrons. The number of likely N-dealkylation sites (N-methyl/N-ethyl adjacent to an activating group) is 1. The summed E-state index contributed by atoms with van der Waals surface area (Å²) in [5, 5.41) is 5.54. The Hall–Kier alpha value is -0.830. The molecule has 23 heavy (non-hydrogen) atoms. The number of piperidine rings is 1. The van der Waals surface area contributed by atoms with Gasteiger partial charge in [-0.1, -0.05) is 6.07 Å². The van der Waals surface area contributed by atoms with E-state index < -0.39 is 0 Å². The second-order valence-electron chi connectivity index (χ2n) is 5.73. The number of carbonyl (C=O) groups excluding carboxylic acids is 1. The Morgan fingerprint density at radius 3 is 2.70 bits per heavy atom. The molecule has 0 atom stereocenters. The van der Waals surface area contributed by atoms with Gasteiger partial charge in [0.1, 0.15) is 6.54 Å². The quantitative estimate of drug-likeness (QED) is 0.426. The van der Waals surface area contributed by atoms with E-state index in [1.165, 1.54) is 24.1 Å². The molecular weight excluding hydrogens is 423 g/mol. The van der Waals surface area contributed by atoms with Gasteiger partial charge in [0.25, 0.3) is 0 Å². The Labute approximate surface area is 160 Å². The lowest BCUT2D eigenvalue weighted by atomic mass is 10.1. The van der Waals surface area contributed by atoms with Crippen molar-refractivity contribution in [3.63, 3.8) is 0 Å². The number of carbonyl (C=O) groups is 1. The molecule has 1 aromatic rings. The van der Waals surface area contributed by atoms with Crippen LogP contribution in [0.2, 0.25) is 0 Å². The van der Waals surface area contributed by atoms with E-state index >= 15 is 0 Å². The second-order valence-corrected chi connectivity index (χ2v) is 6.76. The van der Waals surface area contributed by atoms with E-state index in [0.717, 1.165) is 32.0 Å². The Morgan fingerprint density at radius 1 is 1.35 bits per heavy atom. The topological polar surface area (TPSA) is 47.9 Å². The second kappa shape index (κ2) is 10.9. The monoisotopic (exact) mass is 450 g/mol. The van der Waals surface area contributed by atoms with E-state index in [1.807, 2.05) is 0 Å². The van der Waals surface area contributed by atoms with Gasteiger partial charge in [-0.25, -0.2) is 4.99 Å². The maximum absolute atomic E-state index is 11.8. The van der Waals surface area contributed by atoms with Gasteiger partial charge in [0.05, 0.1) is 0 Å². The molecule has 0 saturated carbocycles. The molecule has 1 aliphatic rings. The number of aliphatic imine (C=N–C) groups is 1. The maximum Gasteiger partial charge on any atom is 0.243 e. The van der Waals surface area contributed by atoms with Crippen molar-refractivity contribution in [1.82, 2.24) is 15.1 Å². The molecule has 7 heteroatoms. The van der Waals surface area contributed by atoms with Gasteiger partial charge in [-0.2, -0.15) is 0 Å². The third kappa shape index (κ3) is 7.07. The Morgan fingerprint density at radius 2 is 2.09 bits per heavy atom. The summed E-state index contributed by atoms with van der Waals surface area (Å²) in [6.07, 6.45) is 4.68. The summed E-state index contributed by atoms with van der Waals surface area (Å²) >= 11 is 1.78. The summed E-state index contributed by atoms with van der Waals surface area (Å²) in [7, 11) is 3.53. The van der Waals surface area contributed by atoms with Crippen molar-refractivity contribution in [3.05, 3.63) is 22.4 Å². The summed E-state index contributed by atoms with van der Waals surface area (Å²) in [6.45, 7) is 3.12. The van der Waals surface area contributed by atoms with Crippen LogP contribution >= 0.6 is 35.3 Å². The molecule has 1 aromatic heterocycles. The van der Waals surface area contributed by atoms with Gasteiger partial charge in [0.2, 0.25) is 5.91 Å². The van der Waals surface area contributed by atoms with Crippen LogP contribution < -0.4 is 5.32 Å². The number of nitrogens with one attached hydrogen (secondary N) is 1. The van der Waals surface area contributed by atoms with Crippen LogP contribution in [0.3, 0.4) is 0 Å². The normalized spacial score (nSPS) is 15.0. The van der Waals surface area contributed by atoms with Crippen molar-refractivity contribution in [2.45, 2.75) is 25.7 Å². The zero-order valence-corrected chi connectivity index (χ0v) is 17.1. The molecule has 2 heterocycles. The van der Waals surface area contributed by atoms with Crippen LogP contribution in [0, 0.1) is 0 Å². The SMILES string of the molecule is CN(C)C(=O)CN=C(NCCc1cccs1)N1CCCCC1.I. The van der Waals surface area contributed by atoms with Gasteiger partial charge in [-0.05, 0) is 37.1 Å². The molecule has 2 rings (SSSR count). The first kappa shape index (κ1) is 20.2. The first-order valence-corrected chi connectivity index (χ1v) is 8.80. The van der Waals surface area contributed by atoms with E-state index in [4.69, 9.17) is 0 Å². The average Bonchev–Trinajstić information content (AvgIpc) is 3.04. The van der Waals surface area contributed by atoms with Gasteiger partial charge in [-0.15, -0.1) is 35.3 Å². The number of halogens is 1. The number of guanidine groups is 1. The average molecular weight is 450 g/mol. The van der Waals surface area contributed by atoms with Crippen LogP contribution in [0.15, 0.2) is 22.5 Å². The molecule has 0 unspecified atom stereocenters. The Kier molecular flexibility index (Phi) is 9.54. The van der Waals surface area contributed by atoms with Gasteiger partial charge in [0, 0.05) is 38.6 Å². The summed E-state index contributed by atoms with van der Waals surface area (Å²) in [5.74, 6) is 0.918. The van der Waals surface area contributed by atoms with Crippen LogP contribution in [0.4, 0.5) is 0 Å². The number of thiophene rings is 1.